The van der Waals surface area contributed by atoms with Crippen LogP contribution in [0.25, 0.3) is 10.9 Å². The molecule has 2 aromatic carbocycles. The Hall–Kier alpha value is -2.95. The van der Waals surface area contributed by atoms with E-state index in [1.807, 2.05) is 54.8 Å². The lowest BCUT2D eigenvalue weighted by Crippen LogP contribution is -2.37. The Labute approximate surface area is 156 Å². The molecule has 9 nitrogen and oxygen atoms in total. The molecule has 1 aliphatic heterocycles. The van der Waals surface area contributed by atoms with E-state index in [1.165, 1.54) is 0 Å². The fraction of sp³-hybridized carbons (Fsp3) is 0.176. The van der Waals surface area contributed by atoms with Gasteiger partial charge in [-0.2, -0.15) is 4.68 Å². The molecule has 0 amide bonds. The number of aliphatic imine (C=N–C) groups is 1. The van der Waals surface area contributed by atoms with E-state index in [0.29, 0.717) is 0 Å². The maximum atomic E-state index is 8.63. The molecule has 4 rings (SSSR count). The Morgan fingerprint density at radius 2 is 1.70 bits per heavy atom. The first kappa shape index (κ1) is 18.8. The first-order chi connectivity index (χ1) is 12.7. The molecule has 0 atom stereocenters. The molecule has 1 aliphatic rings. The third-order valence-corrected chi connectivity index (χ3v) is 4.20. The number of aryl methyl sites for hydroxylation is 1. The van der Waals surface area contributed by atoms with Crippen molar-refractivity contribution in [3.63, 3.8) is 0 Å². The molecule has 0 unspecified atom stereocenters. The van der Waals surface area contributed by atoms with Gasteiger partial charge in [-0.05, 0) is 23.2 Å². The standard InChI is InChI=1S/C17H17N5.H2O4S/c1-20-14-10-6-4-8-12(14)16(19-20)18-17-13-9-5-7-11-15(13)21(2)22(17)3;1-5(2,3)4/h4-11H,1-3H3;(H2,1,2,3,4)/q+2;/p-1. The van der Waals surface area contributed by atoms with Crippen LogP contribution in [-0.4, -0.2) is 39.8 Å². The topological polar surface area (TPSA) is 114 Å². The van der Waals surface area contributed by atoms with E-state index in [-0.39, 0.29) is 0 Å². The van der Waals surface area contributed by atoms with Gasteiger partial charge in [0.25, 0.3) is 0 Å². The third-order valence-electron chi connectivity index (χ3n) is 4.20. The number of fused-ring (bicyclic) bond motifs is 2. The van der Waals surface area contributed by atoms with Crippen LogP contribution in [-0.2, 0) is 24.5 Å². The highest BCUT2D eigenvalue weighted by Gasteiger charge is 2.32. The number of benzene rings is 2. The van der Waals surface area contributed by atoms with Crippen LogP contribution in [0.1, 0.15) is 5.56 Å². The van der Waals surface area contributed by atoms with Crippen LogP contribution >= 0.6 is 0 Å². The molecular weight excluding hydrogens is 370 g/mol. The van der Waals surface area contributed by atoms with E-state index >= 15 is 0 Å². The number of nitrogens with zero attached hydrogens (tertiary/aromatic N) is 5. The van der Waals surface area contributed by atoms with Crippen LogP contribution in [0.3, 0.4) is 0 Å². The zero-order valence-electron chi connectivity index (χ0n) is 14.9. The van der Waals surface area contributed by atoms with E-state index in [4.69, 9.17) is 22.5 Å². The zero-order chi connectivity index (χ0) is 19.8. The van der Waals surface area contributed by atoms with Crippen molar-refractivity contribution in [2.75, 3.05) is 7.05 Å². The molecular formula is C17H18N5O4S+. The van der Waals surface area contributed by atoms with Gasteiger partial charge in [0.15, 0.2) is 7.05 Å². The minimum atomic E-state index is -4.92. The number of para-hydroxylation sites is 2. The zero-order valence-corrected chi connectivity index (χ0v) is 15.8. The first-order valence-electron chi connectivity index (χ1n) is 7.92. The average Bonchev–Trinajstić information content (AvgIpc) is 3.05. The quantitative estimate of drug-likeness (QED) is 0.389. The summed E-state index contributed by atoms with van der Waals surface area (Å²) in [6.45, 7) is 0. The Morgan fingerprint density at radius 3 is 2.41 bits per heavy atom. The van der Waals surface area contributed by atoms with Crippen molar-refractivity contribution < 1.29 is 26.9 Å². The molecule has 2 heterocycles. The predicted octanol–water partition coefficient (Wildman–Crippen LogP) is 1.83. The van der Waals surface area contributed by atoms with Gasteiger partial charge in [-0.1, -0.05) is 29.0 Å². The molecule has 0 bridgehead atoms. The molecule has 27 heavy (non-hydrogen) atoms. The van der Waals surface area contributed by atoms with Crippen LogP contribution in [0.5, 0.6) is 0 Å². The molecule has 10 heteroatoms. The monoisotopic (exact) mass is 388 g/mol. The fourth-order valence-electron chi connectivity index (χ4n) is 2.93. The lowest BCUT2D eigenvalue weighted by atomic mass is 10.2. The molecule has 1 N–H and O–H groups in total. The Morgan fingerprint density at radius 1 is 1.11 bits per heavy atom. The van der Waals surface area contributed by atoms with Gasteiger partial charge >= 0.3 is 11.7 Å². The van der Waals surface area contributed by atoms with Gasteiger partial charge in [0, 0.05) is 18.2 Å². The summed E-state index contributed by atoms with van der Waals surface area (Å²) in [5.74, 6) is 1.67. The van der Waals surface area contributed by atoms with E-state index in [9.17, 15) is 0 Å². The van der Waals surface area contributed by atoms with Gasteiger partial charge in [0.2, 0.25) is 16.1 Å². The molecule has 0 fully saturated rings. The molecule has 1 aromatic heterocycles. The summed E-state index contributed by atoms with van der Waals surface area (Å²) < 4.78 is 38.9. The normalized spacial score (nSPS) is 14.7. The van der Waals surface area contributed by atoms with Crippen LogP contribution in [0.15, 0.2) is 58.6 Å². The highest BCUT2D eigenvalue weighted by molar-refractivity contribution is 7.79. The Balaban J connectivity index is 0.000000376. The maximum absolute atomic E-state index is 8.63. The summed E-state index contributed by atoms with van der Waals surface area (Å²) in [5, 5.41) is 5.70. The molecule has 0 spiro atoms. The van der Waals surface area contributed by atoms with Crippen molar-refractivity contribution in [1.82, 2.24) is 4.68 Å². The number of hydrogen-bond acceptors (Lipinski definition) is 4. The van der Waals surface area contributed by atoms with Gasteiger partial charge in [0.1, 0.15) is 12.6 Å². The molecule has 140 valence electrons. The highest BCUT2D eigenvalue weighted by Crippen LogP contribution is 2.29. The average molecular weight is 388 g/mol. The Bertz CT molecular complexity index is 1190. The van der Waals surface area contributed by atoms with Gasteiger partial charge in [0.05, 0.1) is 10.9 Å². The van der Waals surface area contributed by atoms with E-state index in [2.05, 4.69) is 34.1 Å². The van der Waals surface area contributed by atoms with Crippen molar-refractivity contribution in [2.45, 2.75) is 0 Å². The second-order valence-corrected chi connectivity index (χ2v) is 6.75. The summed E-state index contributed by atoms with van der Waals surface area (Å²) in [4.78, 5) is 4.85. The molecule has 0 saturated carbocycles. The lowest BCUT2D eigenvalue weighted by molar-refractivity contribution is -0.736. The van der Waals surface area contributed by atoms with Crippen LogP contribution in [0.2, 0.25) is 0 Å². The molecule has 0 radical (unpaired) electrons. The highest BCUT2D eigenvalue weighted by atomic mass is 32.3. The number of rotatable bonds is 1. The second-order valence-electron chi connectivity index (χ2n) is 5.89. The third kappa shape index (κ3) is 3.92. The summed E-state index contributed by atoms with van der Waals surface area (Å²) in [7, 11) is 1.09. The van der Waals surface area contributed by atoms with Crippen LogP contribution in [0, 0.1) is 0 Å². The van der Waals surface area contributed by atoms with Crippen LogP contribution in [0.4, 0.5) is 11.5 Å². The van der Waals surface area contributed by atoms with Crippen molar-refractivity contribution in [2.24, 2.45) is 24.2 Å². The van der Waals surface area contributed by atoms with Crippen molar-refractivity contribution in [3.05, 3.63) is 54.1 Å². The molecule has 3 aromatic rings. The van der Waals surface area contributed by atoms with Gasteiger partial charge in [-0.15, -0.1) is 0 Å². The summed E-state index contributed by atoms with van der Waals surface area (Å²) in [6, 6.07) is 16.4. The molecule has 0 saturated heterocycles. The van der Waals surface area contributed by atoms with Gasteiger partial charge in [-0.3, -0.25) is 4.55 Å². The number of amidine groups is 1. The maximum Gasteiger partial charge on any atom is 0.353 e. The summed E-state index contributed by atoms with van der Waals surface area (Å²) in [5.41, 5.74) is 3.31. The summed E-state index contributed by atoms with van der Waals surface area (Å²) in [6.07, 6.45) is 0. The molecule has 0 aliphatic carbocycles. The Kier molecular flexibility index (Phi) is 4.87. The number of hydrogen-bond donors (Lipinski definition) is 1. The van der Waals surface area contributed by atoms with Crippen LogP contribution < -0.4 is 4.68 Å². The first-order valence-corrected chi connectivity index (χ1v) is 9.29. The van der Waals surface area contributed by atoms with Gasteiger partial charge in [-0.25, -0.2) is 13.1 Å². The van der Waals surface area contributed by atoms with Crippen molar-refractivity contribution in [1.29, 1.82) is 0 Å². The van der Waals surface area contributed by atoms with E-state index < -0.39 is 10.4 Å². The summed E-state index contributed by atoms with van der Waals surface area (Å²) >= 11 is 0. The minimum absolute atomic E-state index is 0.755. The van der Waals surface area contributed by atoms with Crippen molar-refractivity contribution in [3.8, 4) is 0 Å². The number of aromatic nitrogens is 2. The van der Waals surface area contributed by atoms with Crippen molar-refractivity contribution >= 4 is 38.6 Å². The minimum Gasteiger partial charge on any atom is -0.726 e. The number of azo groups is 2. The smallest absolute Gasteiger partial charge is 0.353 e. The van der Waals surface area contributed by atoms with Gasteiger partial charge < -0.3 is 4.55 Å². The van der Waals surface area contributed by atoms with E-state index in [1.54, 1.807) is 0 Å². The predicted molar refractivity (Wildman–Crippen MR) is 97.3 cm³/mol. The lowest BCUT2D eigenvalue weighted by Gasteiger charge is -1.93. The largest absolute Gasteiger partial charge is 0.726 e. The SMILES string of the molecule is Cn1c2ccccc2c(N=C2N=[N+](C)c3ccccc32)[n+]1C.O=S(=O)([O-])O. The second kappa shape index (κ2) is 6.99. The fourth-order valence-corrected chi connectivity index (χ4v) is 2.93. The van der Waals surface area contributed by atoms with E-state index in [0.717, 1.165) is 33.8 Å².